The predicted molar refractivity (Wildman–Crippen MR) is 110 cm³/mol. The molecule has 27 heavy (non-hydrogen) atoms. The minimum absolute atomic E-state index is 0.0893. The Kier molecular flexibility index (Phi) is 6.96. The molecule has 0 saturated heterocycles. The molecule has 2 aromatic carbocycles. The average Bonchev–Trinajstić information content (AvgIpc) is 2.66. The van der Waals surface area contributed by atoms with Crippen molar-refractivity contribution in [3.05, 3.63) is 59.7 Å². The number of carbonyl (C=O) groups is 2. The number of benzene rings is 2. The lowest BCUT2D eigenvalue weighted by molar-refractivity contribution is -0.120. The zero-order chi connectivity index (χ0) is 20.0. The van der Waals surface area contributed by atoms with Crippen molar-refractivity contribution >= 4 is 23.2 Å². The van der Waals surface area contributed by atoms with E-state index < -0.39 is 5.91 Å². The molecule has 0 bridgehead atoms. The molecule has 0 spiro atoms. The van der Waals surface area contributed by atoms with Crippen LogP contribution in [0.2, 0.25) is 0 Å². The van der Waals surface area contributed by atoms with Crippen molar-refractivity contribution < 1.29 is 9.59 Å². The Balaban J connectivity index is 2.00. The summed E-state index contributed by atoms with van der Waals surface area (Å²) in [6, 6.07) is 14.6. The summed E-state index contributed by atoms with van der Waals surface area (Å²) in [6.45, 7) is 5.38. The van der Waals surface area contributed by atoms with E-state index in [0.29, 0.717) is 17.8 Å². The normalized spacial score (nSPS) is 11.9. The van der Waals surface area contributed by atoms with Crippen LogP contribution in [-0.4, -0.2) is 43.4 Å². The lowest BCUT2D eigenvalue weighted by Crippen LogP contribution is -2.41. The molecule has 0 saturated carbocycles. The monoisotopic (exact) mass is 368 g/mol. The molecule has 3 N–H and O–H groups in total. The second-order valence-corrected chi connectivity index (χ2v) is 6.73. The van der Waals surface area contributed by atoms with E-state index in [9.17, 15) is 9.59 Å². The van der Waals surface area contributed by atoms with E-state index in [0.717, 1.165) is 17.8 Å². The Morgan fingerprint density at radius 1 is 1.04 bits per heavy atom. The quantitative estimate of drug-likeness (QED) is 0.751. The second-order valence-electron chi connectivity index (χ2n) is 6.73. The molecule has 0 aromatic heterocycles. The number of rotatable bonds is 8. The highest BCUT2D eigenvalue weighted by atomic mass is 16.2. The standard InChI is InChI=1S/C21H28N4O2/c1-5-25(14-16-6-12-19(13-7-16)24(3)4)15(2)21(27)23-18-10-8-17(9-11-18)20(22)26/h6-13,15H,5,14H2,1-4H3,(H2,22,26)(H,23,27)/t15-/m0/s1. The van der Waals surface area contributed by atoms with Gasteiger partial charge in [-0.2, -0.15) is 0 Å². The third-order valence-electron chi connectivity index (χ3n) is 4.61. The van der Waals surface area contributed by atoms with Gasteiger partial charge in [0.25, 0.3) is 0 Å². The lowest BCUT2D eigenvalue weighted by atomic mass is 10.1. The number of nitrogens with two attached hydrogens (primary N) is 1. The summed E-state index contributed by atoms with van der Waals surface area (Å²) < 4.78 is 0. The van der Waals surface area contributed by atoms with E-state index in [1.54, 1.807) is 24.3 Å². The SMILES string of the molecule is CCN(Cc1ccc(N(C)C)cc1)[C@@H](C)C(=O)Nc1ccc(C(N)=O)cc1. The van der Waals surface area contributed by atoms with Gasteiger partial charge < -0.3 is 16.0 Å². The van der Waals surface area contributed by atoms with E-state index in [1.165, 1.54) is 0 Å². The van der Waals surface area contributed by atoms with Crippen LogP contribution >= 0.6 is 0 Å². The molecule has 0 fully saturated rings. The Bertz CT molecular complexity index is 770. The Morgan fingerprint density at radius 2 is 1.63 bits per heavy atom. The maximum absolute atomic E-state index is 12.6. The van der Waals surface area contributed by atoms with Crippen molar-refractivity contribution in [2.24, 2.45) is 5.73 Å². The van der Waals surface area contributed by atoms with Crippen LogP contribution in [0.5, 0.6) is 0 Å². The van der Waals surface area contributed by atoms with Crippen LogP contribution in [-0.2, 0) is 11.3 Å². The zero-order valence-electron chi connectivity index (χ0n) is 16.4. The number of likely N-dealkylation sites (N-methyl/N-ethyl adjacent to an activating group) is 1. The lowest BCUT2D eigenvalue weighted by Gasteiger charge is -2.27. The minimum atomic E-state index is -0.487. The Hall–Kier alpha value is -2.86. The van der Waals surface area contributed by atoms with Crippen LogP contribution in [0.15, 0.2) is 48.5 Å². The van der Waals surface area contributed by atoms with Crippen molar-refractivity contribution in [2.75, 3.05) is 30.9 Å². The van der Waals surface area contributed by atoms with Gasteiger partial charge in [-0.3, -0.25) is 14.5 Å². The van der Waals surface area contributed by atoms with Gasteiger partial charge in [-0.05, 0) is 55.4 Å². The summed E-state index contributed by atoms with van der Waals surface area (Å²) in [5, 5.41) is 2.89. The molecular weight excluding hydrogens is 340 g/mol. The molecule has 6 nitrogen and oxygen atoms in total. The zero-order valence-corrected chi connectivity index (χ0v) is 16.4. The number of anilines is 2. The first kappa shape index (κ1) is 20.5. The van der Waals surface area contributed by atoms with Gasteiger partial charge in [-0.15, -0.1) is 0 Å². The molecule has 6 heteroatoms. The van der Waals surface area contributed by atoms with Crippen molar-refractivity contribution in [1.29, 1.82) is 0 Å². The molecule has 0 radical (unpaired) electrons. The van der Waals surface area contributed by atoms with Crippen LogP contribution in [0.1, 0.15) is 29.8 Å². The summed E-state index contributed by atoms with van der Waals surface area (Å²) in [5.74, 6) is -0.577. The van der Waals surface area contributed by atoms with E-state index in [2.05, 4.69) is 39.4 Å². The minimum Gasteiger partial charge on any atom is -0.378 e. The number of amides is 2. The second kappa shape index (κ2) is 9.19. The first-order valence-corrected chi connectivity index (χ1v) is 9.03. The van der Waals surface area contributed by atoms with Crippen LogP contribution < -0.4 is 16.0 Å². The van der Waals surface area contributed by atoms with Crippen LogP contribution in [0.4, 0.5) is 11.4 Å². The van der Waals surface area contributed by atoms with Crippen molar-refractivity contribution in [1.82, 2.24) is 4.90 Å². The molecule has 0 aliphatic rings. The molecule has 0 aliphatic carbocycles. The molecule has 2 amide bonds. The smallest absolute Gasteiger partial charge is 0.248 e. The highest BCUT2D eigenvalue weighted by Gasteiger charge is 2.20. The fourth-order valence-corrected chi connectivity index (χ4v) is 2.79. The highest BCUT2D eigenvalue weighted by molar-refractivity contribution is 5.96. The van der Waals surface area contributed by atoms with Crippen LogP contribution in [0.3, 0.4) is 0 Å². The number of primary amides is 1. The molecular formula is C21H28N4O2. The summed E-state index contributed by atoms with van der Waals surface area (Å²) in [5.41, 5.74) is 8.60. The van der Waals surface area contributed by atoms with Gasteiger partial charge in [-0.25, -0.2) is 0 Å². The van der Waals surface area contributed by atoms with Gasteiger partial charge in [0.1, 0.15) is 0 Å². The van der Waals surface area contributed by atoms with Crippen molar-refractivity contribution in [2.45, 2.75) is 26.4 Å². The maximum Gasteiger partial charge on any atom is 0.248 e. The van der Waals surface area contributed by atoms with E-state index in [-0.39, 0.29) is 11.9 Å². The first-order chi connectivity index (χ1) is 12.8. The van der Waals surface area contributed by atoms with E-state index >= 15 is 0 Å². The summed E-state index contributed by atoms with van der Waals surface area (Å²) in [4.78, 5) is 27.9. The van der Waals surface area contributed by atoms with Crippen molar-refractivity contribution in [3.8, 4) is 0 Å². The third-order valence-corrected chi connectivity index (χ3v) is 4.61. The van der Waals surface area contributed by atoms with E-state index in [1.807, 2.05) is 27.9 Å². The molecule has 0 aliphatic heterocycles. The van der Waals surface area contributed by atoms with Gasteiger partial charge in [0.15, 0.2) is 0 Å². The number of carbonyl (C=O) groups excluding carboxylic acids is 2. The number of nitrogens with zero attached hydrogens (tertiary/aromatic N) is 2. The Labute approximate surface area is 161 Å². The average molecular weight is 368 g/mol. The summed E-state index contributed by atoms with van der Waals surface area (Å²) in [7, 11) is 4.02. The molecule has 0 unspecified atom stereocenters. The van der Waals surface area contributed by atoms with Crippen molar-refractivity contribution in [3.63, 3.8) is 0 Å². The molecule has 2 rings (SSSR count). The number of nitrogens with one attached hydrogen (secondary N) is 1. The molecule has 2 aromatic rings. The summed E-state index contributed by atoms with van der Waals surface area (Å²) in [6.07, 6.45) is 0. The van der Waals surface area contributed by atoms with Gasteiger partial charge in [0.2, 0.25) is 11.8 Å². The van der Waals surface area contributed by atoms with Crippen LogP contribution in [0.25, 0.3) is 0 Å². The number of hydrogen-bond donors (Lipinski definition) is 2. The number of hydrogen-bond acceptors (Lipinski definition) is 4. The summed E-state index contributed by atoms with van der Waals surface area (Å²) >= 11 is 0. The van der Waals surface area contributed by atoms with Gasteiger partial charge in [0.05, 0.1) is 6.04 Å². The molecule has 0 heterocycles. The highest BCUT2D eigenvalue weighted by Crippen LogP contribution is 2.16. The molecule has 144 valence electrons. The van der Waals surface area contributed by atoms with Gasteiger partial charge in [-0.1, -0.05) is 19.1 Å². The van der Waals surface area contributed by atoms with E-state index in [4.69, 9.17) is 5.73 Å². The first-order valence-electron chi connectivity index (χ1n) is 9.03. The topological polar surface area (TPSA) is 78.7 Å². The molecule has 1 atom stereocenters. The fraction of sp³-hybridized carbons (Fsp3) is 0.333. The maximum atomic E-state index is 12.6. The van der Waals surface area contributed by atoms with Gasteiger partial charge >= 0.3 is 0 Å². The fourth-order valence-electron chi connectivity index (χ4n) is 2.79. The largest absolute Gasteiger partial charge is 0.378 e. The Morgan fingerprint density at radius 3 is 2.11 bits per heavy atom. The predicted octanol–water partition coefficient (Wildman–Crippen LogP) is 2.70. The third kappa shape index (κ3) is 5.56. The van der Waals surface area contributed by atoms with Crippen LogP contribution in [0, 0.1) is 0 Å². The van der Waals surface area contributed by atoms with Gasteiger partial charge in [0, 0.05) is 37.6 Å².